The highest BCUT2D eigenvalue weighted by Gasteiger charge is 2.11. The Morgan fingerprint density at radius 3 is 2.74 bits per heavy atom. The van der Waals surface area contributed by atoms with E-state index in [0.29, 0.717) is 11.3 Å². The van der Waals surface area contributed by atoms with Crippen molar-refractivity contribution in [3.05, 3.63) is 63.6 Å². The summed E-state index contributed by atoms with van der Waals surface area (Å²) in [5, 5.41) is 2.84. The van der Waals surface area contributed by atoms with Crippen molar-refractivity contribution in [2.75, 3.05) is 5.32 Å². The van der Waals surface area contributed by atoms with Crippen molar-refractivity contribution in [2.45, 2.75) is 6.92 Å². The molecule has 0 unspecified atom stereocenters. The Morgan fingerprint density at radius 1 is 1.26 bits per heavy atom. The van der Waals surface area contributed by atoms with Crippen LogP contribution in [0.2, 0.25) is 0 Å². The first kappa shape index (κ1) is 13.4. The fourth-order valence-corrected chi connectivity index (χ4v) is 2.15. The van der Waals surface area contributed by atoms with Gasteiger partial charge in [0.05, 0.1) is 5.56 Å². The summed E-state index contributed by atoms with van der Waals surface area (Å²) in [4.78, 5) is 12.2. The maximum absolute atomic E-state index is 12.2. The number of rotatable bonds is 2. The highest BCUT2D eigenvalue weighted by atomic mass is 79.9. The topological polar surface area (TPSA) is 29.1 Å². The fourth-order valence-electron chi connectivity index (χ4n) is 1.71. The molecule has 3 heteroatoms. The third kappa shape index (κ3) is 3.04. The highest BCUT2D eigenvalue weighted by Crippen LogP contribution is 2.22. The maximum atomic E-state index is 12.2. The Hall–Kier alpha value is -2.05. The largest absolute Gasteiger partial charge is 0.322 e. The zero-order valence-corrected chi connectivity index (χ0v) is 12.0. The Balaban J connectivity index is 2.26. The molecule has 0 radical (unpaired) electrons. The standard InChI is InChI=1S/C16H12BrNO/c1-3-12-7-5-8-13(10-12)18-16(19)14-9-4-6-11(2)15(14)17/h1,4-10H,2H3,(H,18,19). The molecule has 0 aliphatic heterocycles. The van der Waals surface area contributed by atoms with Gasteiger partial charge in [0.2, 0.25) is 0 Å². The average molecular weight is 314 g/mol. The molecule has 19 heavy (non-hydrogen) atoms. The second-order valence-corrected chi connectivity index (χ2v) is 4.91. The molecule has 2 rings (SSSR count). The van der Waals surface area contributed by atoms with E-state index in [1.54, 1.807) is 12.1 Å². The van der Waals surface area contributed by atoms with Gasteiger partial charge in [-0.1, -0.05) is 24.1 Å². The Morgan fingerprint density at radius 2 is 2.00 bits per heavy atom. The number of terminal acetylenes is 1. The van der Waals surface area contributed by atoms with E-state index in [0.717, 1.165) is 15.6 Å². The van der Waals surface area contributed by atoms with Gasteiger partial charge in [-0.05, 0) is 52.7 Å². The van der Waals surface area contributed by atoms with Crippen LogP contribution in [0.15, 0.2) is 46.9 Å². The van der Waals surface area contributed by atoms with E-state index < -0.39 is 0 Å². The van der Waals surface area contributed by atoms with Crippen LogP contribution >= 0.6 is 15.9 Å². The molecule has 0 aromatic heterocycles. The van der Waals surface area contributed by atoms with Gasteiger partial charge in [0, 0.05) is 15.7 Å². The number of carbonyl (C=O) groups is 1. The first-order valence-electron chi connectivity index (χ1n) is 5.75. The molecule has 0 spiro atoms. The lowest BCUT2D eigenvalue weighted by atomic mass is 10.1. The van der Waals surface area contributed by atoms with Crippen molar-refractivity contribution in [1.29, 1.82) is 0 Å². The number of amides is 1. The van der Waals surface area contributed by atoms with Gasteiger partial charge in [0.25, 0.3) is 5.91 Å². The molecule has 2 aromatic rings. The zero-order chi connectivity index (χ0) is 13.8. The van der Waals surface area contributed by atoms with Gasteiger partial charge in [0.1, 0.15) is 0 Å². The van der Waals surface area contributed by atoms with E-state index in [1.165, 1.54) is 0 Å². The second kappa shape index (κ2) is 5.73. The van der Waals surface area contributed by atoms with Crippen LogP contribution in [0.1, 0.15) is 21.5 Å². The van der Waals surface area contributed by atoms with Gasteiger partial charge >= 0.3 is 0 Å². The number of nitrogens with one attached hydrogen (secondary N) is 1. The SMILES string of the molecule is C#Cc1cccc(NC(=O)c2cccc(C)c2Br)c1. The van der Waals surface area contributed by atoms with E-state index >= 15 is 0 Å². The summed E-state index contributed by atoms with van der Waals surface area (Å²) >= 11 is 3.43. The molecule has 0 aliphatic carbocycles. The predicted octanol–water partition coefficient (Wildman–Crippen LogP) is 3.99. The first-order valence-corrected chi connectivity index (χ1v) is 6.54. The lowest BCUT2D eigenvalue weighted by molar-refractivity contribution is 0.102. The van der Waals surface area contributed by atoms with Gasteiger partial charge in [-0.2, -0.15) is 0 Å². The Labute approximate surface area is 121 Å². The van der Waals surface area contributed by atoms with E-state index in [-0.39, 0.29) is 5.91 Å². The fraction of sp³-hybridized carbons (Fsp3) is 0.0625. The maximum Gasteiger partial charge on any atom is 0.256 e. The molecule has 1 amide bonds. The van der Waals surface area contributed by atoms with Crippen molar-refractivity contribution in [3.8, 4) is 12.3 Å². The summed E-state index contributed by atoms with van der Waals surface area (Å²) in [5.74, 6) is 2.38. The third-order valence-electron chi connectivity index (χ3n) is 2.72. The van der Waals surface area contributed by atoms with Gasteiger partial charge < -0.3 is 5.32 Å². The van der Waals surface area contributed by atoms with Crippen molar-refractivity contribution in [3.63, 3.8) is 0 Å². The summed E-state index contributed by atoms with van der Waals surface area (Å²) in [6.45, 7) is 1.94. The van der Waals surface area contributed by atoms with Crippen LogP contribution in [0.5, 0.6) is 0 Å². The van der Waals surface area contributed by atoms with Crippen molar-refractivity contribution in [1.82, 2.24) is 0 Å². The lowest BCUT2D eigenvalue weighted by Crippen LogP contribution is -2.13. The summed E-state index contributed by atoms with van der Waals surface area (Å²) in [7, 11) is 0. The van der Waals surface area contributed by atoms with Crippen molar-refractivity contribution < 1.29 is 4.79 Å². The summed E-state index contributed by atoms with van der Waals surface area (Å²) in [6, 6.07) is 12.8. The third-order valence-corrected chi connectivity index (χ3v) is 3.78. The van der Waals surface area contributed by atoms with Crippen LogP contribution < -0.4 is 5.32 Å². The Bertz CT molecular complexity index is 671. The molecule has 0 atom stereocenters. The molecular formula is C16H12BrNO. The van der Waals surface area contributed by atoms with Crippen molar-refractivity contribution in [2.24, 2.45) is 0 Å². The molecule has 94 valence electrons. The molecule has 0 heterocycles. The van der Waals surface area contributed by atoms with Crippen LogP contribution in [0, 0.1) is 19.3 Å². The molecule has 2 nitrogen and oxygen atoms in total. The van der Waals surface area contributed by atoms with Crippen LogP contribution in [0.4, 0.5) is 5.69 Å². The second-order valence-electron chi connectivity index (χ2n) is 4.12. The van der Waals surface area contributed by atoms with Gasteiger partial charge in [0.15, 0.2) is 0 Å². The first-order chi connectivity index (χ1) is 9.11. The molecule has 1 N–H and O–H groups in total. The number of anilines is 1. The van der Waals surface area contributed by atoms with Crippen LogP contribution in [0.25, 0.3) is 0 Å². The minimum Gasteiger partial charge on any atom is -0.322 e. The molecule has 0 saturated heterocycles. The molecule has 0 saturated carbocycles. The smallest absolute Gasteiger partial charge is 0.256 e. The summed E-state index contributed by atoms with van der Waals surface area (Å²) in [5.41, 5.74) is 3.05. The normalized spacial score (nSPS) is 9.74. The number of aryl methyl sites for hydroxylation is 1. The van der Waals surface area contributed by atoms with Crippen molar-refractivity contribution >= 4 is 27.5 Å². The minimum absolute atomic E-state index is 0.162. The quantitative estimate of drug-likeness (QED) is 0.834. The van der Waals surface area contributed by atoms with E-state index in [2.05, 4.69) is 27.2 Å². The van der Waals surface area contributed by atoms with Gasteiger partial charge in [-0.25, -0.2) is 0 Å². The summed E-state index contributed by atoms with van der Waals surface area (Å²) in [6.07, 6.45) is 5.33. The Kier molecular flexibility index (Phi) is 4.03. The highest BCUT2D eigenvalue weighted by molar-refractivity contribution is 9.10. The number of hydrogen-bond donors (Lipinski definition) is 1. The van der Waals surface area contributed by atoms with Crippen LogP contribution in [-0.2, 0) is 0 Å². The lowest BCUT2D eigenvalue weighted by Gasteiger charge is -2.08. The average Bonchev–Trinajstić information content (AvgIpc) is 2.42. The van der Waals surface area contributed by atoms with E-state index in [1.807, 2.05) is 37.3 Å². The van der Waals surface area contributed by atoms with E-state index in [9.17, 15) is 4.79 Å². The minimum atomic E-state index is -0.162. The molecular weight excluding hydrogens is 302 g/mol. The molecule has 0 bridgehead atoms. The van der Waals surface area contributed by atoms with Crippen LogP contribution in [-0.4, -0.2) is 5.91 Å². The van der Waals surface area contributed by atoms with Gasteiger partial charge in [-0.15, -0.1) is 6.42 Å². The monoisotopic (exact) mass is 313 g/mol. The zero-order valence-electron chi connectivity index (χ0n) is 10.4. The predicted molar refractivity (Wildman–Crippen MR) is 81.2 cm³/mol. The summed E-state index contributed by atoms with van der Waals surface area (Å²) < 4.78 is 0.806. The molecule has 0 aliphatic rings. The molecule has 2 aromatic carbocycles. The molecule has 0 fully saturated rings. The number of hydrogen-bond acceptors (Lipinski definition) is 1. The van der Waals surface area contributed by atoms with Gasteiger partial charge in [-0.3, -0.25) is 4.79 Å². The number of halogens is 1. The number of carbonyl (C=O) groups excluding carboxylic acids is 1. The van der Waals surface area contributed by atoms with Crippen LogP contribution in [0.3, 0.4) is 0 Å². The van der Waals surface area contributed by atoms with E-state index in [4.69, 9.17) is 6.42 Å². The number of benzene rings is 2.